The minimum atomic E-state index is -1.54. The monoisotopic (exact) mass is 779 g/mol. The molecule has 0 radical (unpaired) electrons. The zero-order valence-electron chi connectivity index (χ0n) is 34.9. The molecule has 1 aliphatic rings. The molecule has 9 heteroatoms. The van der Waals surface area contributed by atoms with E-state index in [9.17, 15) is 25.2 Å². The van der Waals surface area contributed by atoms with Crippen molar-refractivity contribution >= 4 is 5.97 Å². The number of esters is 1. The topological polar surface area (TPSA) is 135 Å². The summed E-state index contributed by atoms with van der Waals surface area (Å²) in [6.07, 6.45) is 38.4. The second-order valence-electron chi connectivity index (χ2n) is 15.1. The third-order valence-electron chi connectivity index (χ3n) is 9.97. The summed E-state index contributed by atoms with van der Waals surface area (Å²) in [5.74, 6) is -0.333. The fourth-order valence-corrected chi connectivity index (χ4v) is 6.43. The number of allylic oxidation sites excluding steroid dienone is 8. The Morgan fingerprint density at radius 2 is 1.05 bits per heavy atom. The van der Waals surface area contributed by atoms with Crippen molar-refractivity contribution in [1.29, 1.82) is 0 Å². The first-order valence-electron chi connectivity index (χ1n) is 22.2. The van der Waals surface area contributed by atoms with Crippen molar-refractivity contribution in [2.75, 3.05) is 26.4 Å². The average Bonchev–Trinajstić information content (AvgIpc) is 3.18. The first kappa shape index (κ1) is 51.2. The fourth-order valence-electron chi connectivity index (χ4n) is 6.43. The van der Waals surface area contributed by atoms with E-state index in [0.717, 1.165) is 77.0 Å². The number of aliphatic hydroxyl groups is 4. The van der Waals surface area contributed by atoms with E-state index in [2.05, 4.69) is 62.5 Å². The van der Waals surface area contributed by atoms with Crippen molar-refractivity contribution in [3.05, 3.63) is 48.6 Å². The van der Waals surface area contributed by atoms with Crippen molar-refractivity contribution in [1.82, 2.24) is 0 Å². The quantitative estimate of drug-likeness (QED) is 0.0276. The van der Waals surface area contributed by atoms with Gasteiger partial charge in [0.05, 0.1) is 19.8 Å². The maximum Gasteiger partial charge on any atom is 0.306 e. The molecule has 1 aliphatic heterocycles. The molecule has 9 nitrogen and oxygen atoms in total. The van der Waals surface area contributed by atoms with Gasteiger partial charge in [-0.05, 0) is 77.0 Å². The summed E-state index contributed by atoms with van der Waals surface area (Å²) in [5, 5.41) is 40.1. The molecule has 0 aliphatic carbocycles. The van der Waals surface area contributed by atoms with E-state index in [4.69, 9.17) is 18.9 Å². The van der Waals surface area contributed by atoms with Crippen molar-refractivity contribution < 1.29 is 44.2 Å². The zero-order valence-corrected chi connectivity index (χ0v) is 34.9. The third kappa shape index (κ3) is 29.1. The van der Waals surface area contributed by atoms with Crippen LogP contribution in [-0.2, 0) is 23.7 Å². The molecule has 6 atom stereocenters. The largest absolute Gasteiger partial charge is 0.457 e. The molecule has 0 aromatic heterocycles. The second-order valence-corrected chi connectivity index (χ2v) is 15.1. The average molecular weight is 779 g/mol. The fraction of sp³-hybridized carbons (Fsp3) is 0.804. The summed E-state index contributed by atoms with van der Waals surface area (Å²) >= 11 is 0. The van der Waals surface area contributed by atoms with E-state index in [1.807, 2.05) is 0 Å². The number of rotatable bonds is 37. The van der Waals surface area contributed by atoms with Gasteiger partial charge in [0.15, 0.2) is 6.29 Å². The Balaban J connectivity index is 2.30. The minimum absolute atomic E-state index is 0.125. The molecule has 0 bridgehead atoms. The molecule has 0 spiro atoms. The maximum absolute atomic E-state index is 12.8. The van der Waals surface area contributed by atoms with Crippen molar-refractivity contribution in [3.63, 3.8) is 0 Å². The number of hydrogen-bond donors (Lipinski definition) is 4. The van der Waals surface area contributed by atoms with Crippen LogP contribution in [0.15, 0.2) is 48.6 Å². The second kappa shape index (κ2) is 37.7. The van der Waals surface area contributed by atoms with E-state index in [1.165, 1.54) is 77.0 Å². The van der Waals surface area contributed by atoms with Gasteiger partial charge in [-0.25, -0.2) is 0 Å². The Labute approximate surface area is 335 Å². The lowest BCUT2D eigenvalue weighted by atomic mass is 9.99. The Kier molecular flexibility index (Phi) is 35.1. The summed E-state index contributed by atoms with van der Waals surface area (Å²) in [5.41, 5.74) is 0. The van der Waals surface area contributed by atoms with Crippen LogP contribution in [-0.4, -0.2) is 89.6 Å². The van der Waals surface area contributed by atoms with Crippen LogP contribution in [0.5, 0.6) is 0 Å². The molecule has 4 N–H and O–H groups in total. The molecule has 0 amide bonds. The van der Waals surface area contributed by atoms with Gasteiger partial charge in [-0.15, -0.1) is 0 Å². The van der Waals surface area contributed by atoms with Crippen molar-refractivity contribution in [2.45, 2.75) is 211 Å². The highest BCUT2D eigenvalue weighted by Crippen LogP contribution is 2.22. The predicted molar refractivity (Wildman–Crippen MR) is 224 cm³/mol. The Hall–Kier alpha value is -1.85. The minimum Gasteiger partial charge on any atom is -0.457 e. The lowest BCUT2D eigenvalue weighted by molar-refractivity contribution is -0.305. The van der Waals surface area contributed by atoms with Gasteiger partial charge in [0.25, 0.3) is 0 Å². The summed E-state index contributed by atoms with van der Waals surface area (Å²) < 4.78 is 22.8. The molecular formula is C46H82O9. The predicted octanol–water partition coefficient (Wildman–Crippen LogP) is 9.75. The molecular weight excluding hydrogens is 696 g/mol. The van der Waals surface area contributed by atoms with E-state index in [-0.39, 0.29) is 19.2 Å². The van der Waals surface area contributed by atoms with E-state index in [1.54, 1.807) is 0 Å². The van der Waals surface area contributed by atoms with Gasteiger partial charge >= 0.3 is 5.97 Å². The zero-order chi connectivity index (χ0) is 40.0. The molecule has 1 heterocycles. The molecule has 0 aromatic rings. The van der Waals surface area contributed by atoms with Crippen LogP contribution in [0.4, 0.5) is 0 Å². The normalized spacial score (nSPS) is 21.2. The van der Waals surface area contributed by atoms with Crippen LogP contribution in [0.25, 0.3) is 0 Å². The van der Waals surface area contributed by atoms with Gasteiger partial charge in [0.2, 0.25) is 0 Å². The van der Waals surface area contributed by atoms with Crippen LogP contribution < -0.4 is 0 Å². The number of carbonyl (C=O) groups is 1. The van der Waals surface area contributed by atoms with Gasteiger partial charge in [-0.2, -0.15) is 0 Å². The van der Waals surface area contributed by atoms with Crippen LogP contribution in [0.3, 0.4) is 0 Å². The van der Waals surface area contributed by atoms with E-state index < -0.39 is 43.4 Å². The molecule has 0 saturated carbocycles. The molecule has 1 saturated heterocycles. The van der Waals surface area contributed by atoms with E-state index >= 15 is 0 Å². The molecule has 1 fully saturated rings. The van der Waals surface area contributed by atoms with Gasteiger partial charge in [0, 0.05) is 13.0 Å². The highest BCUT2D eigenvalue weighted by atomic mass is 16.7. The number of unbranched alkanes of at least 4 members (excludes halogenated alkanes) is 18. The van der Waals surface area contributed by atoms with Crippen LogP contribution in [0.1, 0.15) is 174 Å². The highest BCUT2D eigenvalue weighted by Gasteiger charge is 2.44. The lowest BCUT2D eigenvalue weighted by Gasteiger charge is -2.39. The standard InChI is InChI=1S/C46H82O9/c1-3-5-7-9-11-13-15-17-19-20-22-24-26-28-30-32-34-36-52-38-40(39-53-46-45(51)44(50)43(49)41(37-47)55-46)54-42(48)35-33-31-29-27-25-23-21-18-16-14-12-10-8-6-4-2/h12-15,18-21,40-41,43-47,49-51H,3-11,16-17,22-39H2,1-2H3/b14-12-,15-13-,20-19-,21-18-. The van der Waals surface area contributed by atoms with Crippen LogP contribution in [0.2, 0.25) is 0 Å². The van der Waals surface area contributed by atoms with Crippen molar-refractivity contribution in [2.24, 2.45) is 0 Å². The van der Waals surface area contributed by atoms with Crippen LogP contribution >= 0.6 is 0 Å². The molecule has 320 valence electrons. The Bertz CT molecular complexity index is 978. The molecule has 6 unspecified atom stereocenters. The Morgan fingerprint density at radius 1 is 0.582 bits per heavy atom. The Morgan fingerprint density at radius 3 is 1.60 bits per heavy atom. The highest BCUT2D eigenvalue weighted by molar-refractivity contribution is 5.69. The summed E-state index contributed by atoms with van der Waals surface area (Å²) in [6, 6.07) is 0. The SMILES string of the molecule is CCCCC/C=C\C/C=C\CCCCCCCC(=O)OC(COCCCCCCCC/C=C\C/C=C\CCCCCC)COC1OC(CO)C(O)C(O)C1O. The smallest absolute Gasteiger partial charge is 0.306 e. The van der Waals surface area contributed by atoms with Gasteiger partial charge in [0.1, 0.15) is 30.5 Å². The van der Waals surface area contributed by atoms with Gasteiger partial charge in [-0.3, -0.25) is 4.79 Å². The summed E-state index contributed by atoms with van der Waals surface area (Å²) in [7, 11) is 0. The third-order valence-corrected chi connectivity index (χ3v) is 9.97. The lowest BCUT2D eigenvalue weighted by Crippen LogP contribution is -2.59. The molecule has 55 heavy (non-hydrogen) atoms. The summed E-state index contributed by atoms with van der Waals surface area (Å²) in [4.78, 5) is 12.8. The first-order valence-corrected chi connectivity index (χ1v) is 22.2. The molecule has 0 aromatic carbocycles. The van der Waals surface area contributed by atoms with Gasteiger partial charge < -0.3 is 39.4 Å². The van der Waals surface area contributed by atoms with Gasteiger partial charge in [-0.1, -0.05) is 140 Å². The number of hydrogen-bond acceptors (Lipinski definition) is 9. The maximum atomic E-state index is 12.8. The summed E-state index contributed by atoms with van der Waals surface area (Å²) in [6.45, 7) is 4.47. The van der Waals surface area contributed by atoms with Crippen LogP contribution in [0, 0.1) is 0 Å². The van der Waals surface area contributed by atoms with Crippen molar-refractivity contribution in [3.8, 4) is 0 Å². The number of carbonyl (C=O) groups excluding carboxylic acids is 1. The number of aliphatic hydroxyl groups excluding tert-OH is 4. The first-order chi connectivity index (χ1) is 26.9. The number of ether oxygens (including phenoxy) is 4. The molecule has 1 rings (SSSR count). The van der Waals surface area contributed by atoms with E-state index in [0.29, 0.717) is 13.0 Å².